The highest BCUT2D eigenvalue weighted by Crippen LogP contribution is 2.10. The van der Waals surface area contributed by atoms with Gasteiger partial charge in [-0.15, -0.1) is 16.7 Å². The van der Waals surface area contributed by atoms with Crippen LogP contribution in [0.1, 0.15) is 21.7 Å². The van der Waals surface area contributed by atoms with Gasteiger partial charge in [0.2, 0.25) is 5.78 Å². The minimum atomic E-state index is -0.107. The Labute approximate surface area is 104 Å². The van der Waals surface area contributed by atoms with E-state index in [-0.39, 0.29) is 5.78 Å². The number of hydrogen-bond donors (Lipinski definition) is 0. The fourth-order valence-electron chi connectivity index (χ4n) is 1.54. The lowest BCUT2D eigenvalue weighted by Gasteiger charge is -1.96. The van der Waals surface area contributed by atoms with Gasteiger partial charge in [0.05, 0.1) is 12.2 Å². The quantitative estimate of drug-likeness (QED) is 0.616. The molecule has 17 heavy (non-hydrogen) atoms. The summed E-state index contributed by atoms with van der Waals surface area (Å²) in [5, 5.41) is 8.29. The molecular weight excluding hydrogens is 238 g/mol. The fraction of sp³-hybridized carbons (Fsp3) is 0.250. The van der Waals surface area contributed by atoms with E-state index in [4.69, 9.17) is 11.6 Å². The maximum Gasteiger partial charge on any atom is 0.215 e. The number of carbonyl (C=O) groups is 1. The third-order valence-electron chi connectivity index (χ3n) is 2.36. The van der Waals surface area contributed by atoms with Gasteiger partial charge < -0.3 is 0 Å². The summed E-state index contributed by atoms with van der Waals surface area (Å²) in [5.41, 5.74) is 1.64. The Morgan fingerprint density at radius 3 is 2.65 bits per heavy atom. The smallest absolute Gasteiger partial charge is 0.215 e. The maximum absolute atomic E-state index is 12.1. The number of rotatable bonds is 4. The molecule has 0 bridgehead atoms. The van der Waals surface area contributed by atoms with Gasteiger partial charge in [-0.25, -0.2) is 0 Å². The molecule has 5 heteroatoms. The Morgan fingerprint density at radius 1 is 1.29 bits per heavy atom. The molecule has 2 aromatic rings. The zero-order valence-electron chi connectivity index (χ0n) is 9.43. The standard InChI is InChI=1S/C12H12ClN3O/c1-9-11(15-16(14-9)8-7-13)12(17)10-5-3-2-4-6-10/h2-6H,7-8H2,1H3. The zero-order chi connectivity index (χ0) is 12.3. The molecule has 0 saturated heterocycles. The van der Waals surface area contributed by atoms with Crippen LogP contribution in [0.15, 0.2) is 30.3 Å². The lowest BCUT2D eigenvalue weighted by molar-refractivity contribution is 0.103. The van der Waals surface area contributed by atoms with Crippen molar-refractivity contribution in [2.75, 3.05) is 5.88 Å². The first-order valence-electron chi connectivity index (χ1n) is 5.30. The Balaban J connectivity index is 2.31. The molecule has 0 saturated carbocycles. The fourth-order valence-corrected chi connectivity index (χ4v) is 1.69. The third-order valence-corrected chi connectivity index (χ3v) is 2.53. The number of nitrogens with zero attached hydrogens (tertiary/aromatic N) is 3. The Morgan fingerprint density at radius 2 is 2.00 bits per heavy atom. The van der Waals surface area contributed by atoms with Gasteiger partial charge in [0.1, 0.15) is 0 Å². The molecule has 4 nitrogen and oxygen atoms in total. The molecule has 0 N–H and O–H groups in total. The molecule has 2 rings (SSSR count). The summed E-state index contributed by atoms with van der Waals surface area (Å²) in [5.74, 6) is 0.316. The first-order chi connectivity index (χ1) is 8.22. The molecule has 88 valence electrons. The van der Waals surface area contributed by atoms with E-state index in [0.29, 0.717) is 29.4 Å². The monoisotopic (exact) mass is 249 g/mol. The second kappa shape index (κ2) is 5.10. The van der Waals surface area contributed by atoms with Crippen molar-refractivity contribution in [3.8, 4) is 0 Å². The van der Waals surface area contributed by atoms with E-state index in [1.54, 1.807) is 19.1 Å². The molecule has 0 aliphatic rings. The highest BCUT2D eigenvalue weighted by Gasteiger charge is 2.16. The summed E-state index contributed by atoms with van der Waals surface area (Å²) in [6.45, 7) is 2.28. The van der Waals surface area contributed by atoms with Crippen molar-refractivity contribution >= 4 is 17.4 Å². The molecule has 0 atom stereocenters. The van der Waals surface area contributed by atoms with E-state index < -0.39 is 0 Å². The van der Waals surface area contributed by atoms with Crippen molar-refractivity contribution in [1.82, 2.24) is 15.0 Å². The van der Waals surface area contributed by atoms with Crippen LogP contribution < -0.4 is 0 Å². The van der Waals surface area contributed by atoms with Gasteiger partial charge in [0.25, 0.3) is 0 Å². The van der Waals surface area contributed by atoms with E-state index in [1.807, 2.05) is 18.2 Å². The van der Waals surface area contributed by atoms with Gasteiger partial charge >= 0.3 is 0 Å². The molecule has 0 aliphatic heterocycles. The molecule has 1 aromatic heterocycles. The Hall–Kier alpha value is -1.68. The number of benzene rings is 1. The highest BCUT2D eigenvalue weighted by molar-refractivity contribution is 6.17. The second-order valence-corrected chi connectivity index (χ2v) is 3.99. The van der Waals surface area contributed by atoms with Crippen molar-refractivity contribution in [3.05, 3.63) is 47.3 Å². The summed E-state index contributed by atoms with van der Waals surface area (Å²) in [7, 11) is 0. The number of ketones is 1. The normalized spacial score (nSPS) is 10.5. The number of alkyl halides is 1. The highest BCUT2D eigenvalue weighted by atomic mass is 35.5. The molecule has 1 heterocycles. The average molecular weight is 250 g/mol. The molecule has 0 radical (unpaired) electrons. The zero-order valence-corrected chi connectivity index (χ0v) is 10.2. The van der Waals surface area contributed by atoms with Gasteiger partial charge in [-0.1, -0.05) is 30.3 Å². The van der Waals surface area contributed by atoms with Crippen LogP contribution >= 0.6 is 11.6 Å². The van der Waals surface area contributed by atoms with Crippen LogP contribution in [0.4, 0.5) is 0 Å². The van der Waals surface area contributed by atoms with Crippen LogP contribution in [0.5, 0.6) is 0 Å². The van der Waals surface area contributed by atoms with Gasteiger partial charge in [-0.3, -0.25) is 4.79 Å². The van der Waals surface area contributed by atoms with Crippen LogP contribution in [-0.4, -0.2) is 26.7 Å². The number of halogens is 1. The Bertz CT molecular complexity index is 522. The summed E-state index contributed by atoms with van der Waals surface area (Å²) < 4.78 is 0. The summed E-state index contributed by atoms with van der Waals surface area (Å²) in [4.78, 5) is 13.6. The Kier molecular flexibility index (Phi) is 3.54. The van der Waals surface area contributed by atoms with Crippen molar-refractivity contribution in [2.45, 2.75) is 13.5 Å². The number of aryl methyl sites for hydroxylation is 2. The lowest BCUT2D eigenvalue weighted by atomic mass is 10.1. The maximum atomic E-state index is 12.1. The van der Waals surface area contributed by atoms with Crippen LogP contribution in [-0.2, 0) is 6.54 Å². The molecule has 0 unspecified atom stereocenters. The number of hydrogen-bond acceptors (Lipinski definition) is 3. The van der Waals surface area contributed by atoms with Crippen molar-refractivity contribution < 1.29 is 4.79 Å². The first kappa shape index (κ1) is 11.8. The summed E-state index contributed by atoms with van der Waals surface area (Å²) >= 11 is 5.61. The predicted octanol–water partition coefficient (Wildman–Crippen LogP) is 2.06. The molecular formula is C12H12ClN3O. The number of aromatic nitrogens is 3. The second-order valence-electron chi connectivity index (χ2n) is 3.61. The van der Waals surface area contributed by atoms with Crippen LogP contribution in [0.25, 0.3) is 0 Å². The average Bonchev–Trinajstić information content (AvgIpc) is 2.71. The third kappa shape index (κ3) is 2.53. The summed E-state index contributed by atoms with van der Waals surface area (Å²) in [6, 6.07) is 9.05. The van der Waals surface area contributed by atoms with E-state index in [1.165, 1.54) is 4.80 Å². The largest absolute Gasteiger partial charge is 0.287 e. The van der Waals surface area contributed by atoms with Crippen LogP contribution in [0.2, 0.25) is 0 Å². The molecule has 0 amide bonds. The minimum Gasteiger partial charge on any atom is -0.287 e. The van der Waals surface area contributed by atoms with Crippen molar-refractivity contribution in [2.24, 2.45) is 0 Å². The number of carbonyl (C=O) groups excluding carboxylic acids is 1. The first-order valence-corrected chi connectivity index (χ1v) is 5.83. The van der Waals surface area contributed by atoms with E-state index in [2.05, 4.69) is 10.2 Å². The minimum absolute atomic E-state index is 0.107. The van der Waals surface area contributed by atoms with E-state index in [0.717, 1.165) is 0 Å². The summed E-state index contributed by atoms with van der Waals surface area (Å²) in [6.07, 6.45) is 0. The van der Waals surface area contributed by atoms with E-state index in [9.17, 15) is 4.79 Å². The lowest BCUT2D eigenvalue weighted by Crippen LogP contribution is -2.06. The van der Waals surface area contributed by atoms with Crippen molar-refractivity contribution in [1.29, 1.82) is 0 Å². The van der Waals surface area contributed by atoms with Gasteiger partial charge in [-0.05, 0) is 6.92 Å². The molecule has 0 spiro atoms. The van der Waals surface area contributed by atoms with Gasteiger partial charge in [0, 0.05) is 11.4 Å². The van der Waals surface area contributed by atoms with Gasteiger partial charge in [-0.2, -0.15) is 9.90 Å². The predicted molar refractivity (Wildman–Crippen MR) is 65.4 cm³/mol. The topological polar surface area (TPSA) is 47.8 Å². The molecule has 1 aromatic carbocycles. The van der Waals surface area contributed by atoms with Crippen LogP contribution in [0, 0.1) is 6.92 Å². The van der Waals surface area contributed by atoms with Crippen molar-refractivity contribution in [3.63, 3.8) is 0 Å². The SMILES string of the molecule is Cc1nn(CCCl)nc1C(=O)c1ccccc1. The van der Waals surface area contributed by atoms with E-state index >= 15 is 0 Å². The van der Waals surface area contributed by atoms with Gasteiger partial charge in [0.15, 0.2) is 5.69 Å². The molecule has 0 fully saturated rings. The van der Waals surface area contributed by atoms with Crippen LogP contribution in [0.3, 0.4) is 0 Å². The molecule has 0 aliphatic carbocycles.